The second-order valence-electron chi connectivity index (χ2n) is 8.45. The number of hydrogen-bond acceptors (Lipinski definition) is 5. The Labute approximate surface area is 196 Å². The van der Waals surface area contributed by atoms with Crippen LogP contribution in [0.3, 0.4) is 0 Å². The Balaban J connectivity index is 1.47. The van der Waals surface area contributed by atoms with Crippen molar-refractivity contribution in [1.82, 2.24) is 14.3 Å². The van der Waals surface area contributed by atoms with Gasteiger partial charge in [-0.05, 0) is 62.9 Å². The lowest BCUT2D eigenvalue weighted by atomic mass is 9.97. The van der Waals surface area contributed by atoms with Crippen molar-refractivity contribution in [3.05, 3.63) is 59.2 Å². The molecule has 2 aromatic rings. The maximum Gasteiger partial charge on any atom is 0.243 e. The monoisotopic (exact) mass is 493 g/mol. The molecule has 10 heteroatoms. The second kappa shape index (κ2) is 10.3. The summed E-state index contributed by atoms with van der Waals surface area (Å²) in [4.78, 5) is 13.0. The lowest BCUT2D eigenvalue weighted by Gasteiger charge is -2.31. The zero-order valence-corrected chi connectivity index (χ0v) is 20.8. The van der Waals surface area contributed by atoms with Crippen LogP contribution < -0.4 is 10.0 Å². The van der Waals surface area contributed by atoms with E-state index in [-0.39, 0.29) is 42.9 Å². The third-order valence-corrected chi connectivity index (χ3v) is 9.35. The highest BCUT2D eigenvalue weighted by Crippen LogP contribution is 2.26. The summed E-state index contributed by atoms with van der Waals surface area (Å²) in [6.07, 6.45) is 0.843. The van der Waals surface area contributed by atoms with Gasteiger partial charge < -0.3 is 5.32 Å². The summed E-state index contributed by atoms with van der Waals surface area (Å²) in [6, 6.07) is 11.9. The molecule has 0 unspecified atom stereocenters. The van der Waals surface area contributed by atoms with Gasteiger partial charge in [-0.1, -0.05) is 29.8 Å². The van der Waals surface area contributed by atoms with Crippen LogP contribution in [0.5, 0.6) is 0 Å². The number of rotatable bonds is 8. The molecule has 0 aromatic heterocycles. The first-order chi connectivity index (χ1) is 15.5. The quantitative estimate of drug-likeness (QED) is 0.547. The van der Waals surface area contributed by atoms with E-state index in [4.69, 9.17) is 0 Å². The number of carbonyl (C=O) groups is 1. The zero-order chi connectivity index (χ0) is 24.2. The zero-order valence-electron chi connectivity index (χ0n) is 19.2. The van der Waals surface area contributed by atoms with Crippen LogP contribution in [-0.4, -0.2) is 53.2 Å². The van der Waals surface area contributed by atoms with Crippen LogP contribution in [0.1, 0.15) is 29.5 Å². The number of carbonyl (C=O) groups excluding carboxylic acids is 1. The van der Waals surface area contributed by atoms with Crippen molar-refractivity contribution in [3.63, 3.8) is 0 Å². The van der Waals surface area contributed by atoms with Gasteiger partial charge in [-0.2, -0.15) is 4.31 Å². The van der Waals surface area contributed by atoms with Crippen LogP contribution in [0.25, 0.3) is 0 Å². The molecule has 180 valence electrons. The maximum atomic E-state index is 13.0. The summed E-state index contributed by atoms with van der Waals surface area (Å²) >= 11 is 0. The van der Waals surface area contributed by atoms with Crippen molar-refractivity contribution < 1.29 is 21.6 Å². The first-order valence-electron chi connectivity index (χ1n) is 10.9. The van der Waals surface area contributed by atoms with Gasteiger partial charge in [-0.15, -0.1) is 0 Å². The summed E-state index contributed by atoms with van der Waals surface area (Å²) in [5.74, 6) is -0.489. The molecule has 1 fully saturated rings. The highest BCUT2D eigenvalue weighted by Gasteiger charge is 2.32. The third-order valence-electron chi connectivity index (χ3n) is 5.83. The fraction of sp³-hybridized carbons (Fsp3) is 0.435. The van der Waals surface area contributed by atoms with Crippen LogP contribution in [0.4, 0.5) is 0 Å². The number of benzene rings is 2. The molecule has 0 atom stereocenters. The molecule has 2 aromatic carbocycles. The van der Waals surface area contributed by atoms with Crippen molar-refractivity contribution in [1.29, 1.82) is 0 Å². The van der Waals surface area contributed by atoms with Gasteiger partial charge in [-0.25, -0.2) is 21.6 Å². The average molecular weight is 494 g/mol. The number of nitrogens with zero attached hydrogens (tertiary/aromatic N) is 1. The van der Waals surface area contributed by atoms with Crippen molar-refractivity contribution in [2.24, 2.45) is 5.92 Å². The Morgan fingerprint density at radius 1 is 0.909 bits per heavy atom. The van der Waals surface area contributed by atoms with Crippen LogP contribution in [0.15, 0.2) is 52.3 Å². The first kappa shape index (κ1) is 25.4. The van der Waals surface area contributed by atoms with Gasteiger partial charge in [0.1, 0.15) is 0 Å². The number of nitrogens with one attached hydrogen (secondary N) is 2. The molecule has 1 aliphatic heterocycles. The number of aryl methyl sites for hydroxylation is 3. The molecule has 0 radical (unpaired) electrons. The Morgan fingerprint density at radius 3 is 2.15 bits per heavy atom. The largest absolute Gasteiger partial charge is 0.355 e. The van der Waals surface area contributed by atoms with Crippen LogP contribution in [0, 0.1) is 26.7 Å². The minimum absolute atomic E-state index is 0.0712. The smallest absolute Gasteiger partial charge is 0.243 e. The summed E-state index contributed by atoms with van der Waals surface area (Å²) in [7, 11) is -7.24. The van der Waals surface area contributed by atoms with E-state index >= 15 is 0 Å². The van der Waals surface area contributed by atoms with E-state index in [0.29, 0.717) is 23.3 Å². The molecule has 2 N–H and O–H groups in total. The summed E-state index contributed by atoms with van der Waals surface area (Å²) in [5.41, 5.74) is 2.55. The highest BCUT2D eigenvalue weighted by molar-refractivity contribution is 7.89. The summed E-state index contributed by atoms with van der Waals surface area (Å²) in [5, 5.41) is 2.75. The van der Waals surface area contributed by atoms with E-state index in [0.717, 1.165) is 11.1 Å². The molecule has 0 spiro atoms. The number of piperidine rings is 1. The molecular formula is C23H31N3O5S2. The highest BCUT2D eigenvalue weighted by atomic mass is 32.2. The fourth-order valence-corrected chi connectivity index (χ4v) is 6.61. The Hall–Kier alpha value is -2.27. The number of amides is 1. The molecule has 1 aliphatic rings. The standard InChI is InChI=1S/C23H31N3O5S2/c1-17-5-8-21(9-6-17)32(28,29)25-13-12-24-23(27)20-10-14-26(15-11-20)33(30,31)22-16-18(2)4-7-19(22)3/h4-9,16,20,25H,10-15H2,1-3H3,(H,24,27). The van der Waals surface area contributed by atoms with Gasteiger partial charge in [-0.3, -0.25) is 4.79 Å². The Kier molecular flexibility index (Phi) is 7.94. The number of sulfonamides is 2. The maximum absolute atomic E-state index is 13.0. The van der Waals surface area contributed by atoms with Gasteiger partial charge in [0.05, 0.1) is 9.79 Å². The van der Waals surface area contributed by atoms with Crippen molar-refractivity contribution >= 4 is 26.0 Å². The average Bonchev–Trinajstić information content (AvgIpc) is 2.78. The van der Waals surface area contributed by atoms with Gasteiger partial charge >= 0.3 is 0 Å². The molecule has 1 saturated heterocycles. The predicted octanol–water partition coefficient (Wildman–Crippen LogP) is 2.11. The lowest BCUT2D eigenvalue weighted by Crippen LogP contribution is -2.44. The molecule has 33 heavy (non-hydrogen) atoms. The van der Waals surface area contributed by atoms with Crippen molar-refractivity contribution in [3.8, 4) is 0 Å². The minimum Gasteiger partial charge on any atom is -0.355 e. The summed E-state index contributed by atoms with van der Waals surface area (Å²) in [6.45, 7) is 6.28. The van der Waals surface area contributed by atoms with Gasteiger partial charge in [0.15, 0.2) is 0 Å². The van der Waals surface area contributed by atoms with Gasteiger partial charge in [0.25, 0.3) is 0 Å². The number of hydrogen-bond donors (Lipinski definition) is 2. The van der Waals surface area contributed by atoms with E-state index in [1.54, 1.807) is 31.2 Å². The lowest BCUT2D eigenvalue weighted by molar-refractivity contribution is -0.126. The Bertz CT molecular complexity index is 1200. The van der Waals surface area contributed by atoms with Crippen LogP contribution in [-0.2, 0) is 24.8 Å². The topological polar surface area (TPSA) is 113 Å². The van der Waals surface area contributed by atoms with E-state index in [2.05, 4.69) is 10.0 Å². The van der Waals surface area contributed by atoms with E-state index in [9.17, 15) is 21.6 Å². The molecular weight excluding hydrogens is 462 g/mol. The second-order valence-corrected chi connectivity index (χ2v) is 12.1. The normalized spacial score (nSPS) is 16.0. The van der Waals surface area contributed by atoms with Crippen LogP contribution in [0.2, 0.25) is 0 Å². The predicted molar refractivity (Wildman–Crippen MR) is 127 cm³/mol. The van der Waals surface area contributed by atoms with E-state index in [1.807, 2.05) is 19.9 Å². The van der Waals surface area contributed by atoms with Crippen molar-refractivity contribution in [2.45, 2.75) is 43.4 Å². The molecule has 0 bridgehead atoms. The SMILES string of the molecule is Cc1ccc(S(=O)(=O)NCCNC(=O)C2CCN(S(=O)(=O)c3cc(C)ccc3C)CC2)cc1. The van der Waals surface area contributed by atoms with E-state index in [1.165, 1.54) is 16.4 Å². The minimum atomic E-state index is -3.63. The molecule has 3 rings (SSSR count). The van der Waals surface area contributed by atoms with Crippen LogP contribution >= 0.6 is 0 Å². The molecule has 1 heterocycles. The van der Waals surface area contributed by atoms with Gasteiger partial charge in [0, 0.05) is 32.1 Å². The van der Waals surface area contributed by atoms with Gasteiger partial charge in [0.2, 0.25) is 26.0 Å². The Morgan fingerprint density at radius 2 is 1.52 bits per heavy atom. The first-order valence-corrected chi connectivity index (χ1v) is 13.8. The fourth-order valence-electron chi connectivity index (χ4n) is 3.80. The van der Waals surface area contributed by atoms with E-state index < -0.39 is 20.0 Å². The molecule has 0 aliphatic carbocycles. The molecule has 0 saturated carbocycles. The molecule has 1 amide bonds. The molecule has 8 nitrogen and oxygen atoms in total. The summed E-state index contributed by atoms with van der Waals surface area (Å²) < 4.78 is 54.6. The van der Waals surface area contributed by atoms with Crippen molar-refractivity contribution in [2.75, 3.05) is 26.2 Å². The third kappa shape index (κ3) is 6.20.